The molecule has 260 valence electrons. The van der Waals surface area contributed by atoms with Gasteiger partial charge in [0.05, 0.1) is 29.5 Å². The van der Waals surface area contributed by atoms with Crippen LogP contribution >= 0.6 is 22.9 Å². The van der Waals surface area contributed by atoms with Crippen molar-refractivity contribution in [3.63, 3.8) is 0 Å². The molecule has 4 aliphatic rings. The number of nitrogens with zero attached hydrogens (tertiary/aromatic N) is 2. The van der Waals surface area contributed by atoms with E-state index in [0.29, 0.717) is 70.2 Å². The molecule has 4 saturated carbocycles. The van der Waals surface area contributed by atoms with Crippen LogP contribution in [0.1, 0.15) is 70.4 Å². The van der Waals surface area contributed by atoms with E-state index in [1.807, 2.05) is 17.5 Å². The van der Waals surface area contributed by atoms with Crippen LogP contribution in [0, 0.1) is 23.7 Å². The lowest BCUT2D eigenvalue weighted by atomic mass is 9.76. The fourth-order valence-electron chi connectivity index (χ4n) is 7.45. The van der Waals surface area contributed by atoms with Crippen molar-refractivity contribution >= 4 is 61.5 Å². The molecule has 2 aromatic heterocycles. The molecular formula is C35H39ClN4O7S2. The molecule has 3 aromatic rings. The highest BCUT2D eigenvalue weighted by Crippen LogP contribution is 2.50. The first-order valence-electron chi connectivity index (χ1n) is 16.7. The molecule has 49 heavy (non-hydrogen) atoms. The summed E-state index contributed by atoms with van der Waals surface area (Å²) in [6.45, 7) is 7.93. The molecule has 0 spiro atoms. The summed E-state index contributed by atoms with van der Waals surface area (Å²) < 4.78 is 39.7. The predicted octanol–water partition coefficient (Wildman–Crippen LogP) is 5.57. The van der Waals surface area contributed by atoms with Crippen molar-refractivity contribution in [1.29, 1.82) is 0 Å². The molecule has 7 rings (SSSR count). The maximum atomic E-state index is 14.1. The number of methoxy groups -OCH3 is 1. The topological polar surface area (TPSA) is 154 Å². The van der Waals surface area contributed by atoms with Crippen LogP contribution in [0.25, 0.3) is 21.6 Å². The first kappa shape index (κ1) is 33.9. The van der Waals surface area contributed by atoms with E-state index in [4.69, 9.17) is 31.0 Å². The summed E-state index contributed by atoms with van der Waals surface area (Å²) in [5, 5.41) is 5.98. The number of pyridine rings is 1. The number of fused-ring (bicyclic) bond motifs is 2. The molecule has 2 heterocycles. The van der Waals surface area contributed by atoms with Crippen LogP contribution < -0.4 is 19.5 Å². The van der Waals surface area contributed by atoms with Gasteiger partial charge in [-0.05, 0) is 56.6 Å². The number of benzene rings is 1. The first-order valence-corrected chi connectivity index (χ1v) is 19.5. The van der Waals surface area contributed by atoms with Gasteiger partial charge in [0.2, 0.25) is 15.9 Å². The summed E-state index contributed by atoms with van der Waals surface area (Å²) in [5.41, 5.74) is 0.579. The third-order valence-electron chi connectivity index (χ3n) is 10.5. The number of thiazole rings is 1. The van der Waals surface area contributed by atoms with Crippen molar-refractivity contribution in [2.24, 2.45) is 23.7 Å². The monoisotopic (exact) mass is 726 g/mol. The standard InChI is InChI=1S/C35H39ClN4O7S2/c1-5-18-15-35(18,34(43)40-49(44,45)19-9-10-19)39-32(42)22-13-27(20-7-6-8-25(41)29(20)22)47-28-14-23(33-38-24(16-48-33)17(2)3)37-31-21(28)11-12-26(46-4)30(31)36/h5,11-12,14,16-20,22,27,29H,1,6-10,13,15H2,2-4H3,(H,39,42)(H,40,43)/t18-,20-,22-,27?,29?,35-/m1/s1. The molecule has 4 aliphatic carbocycles. The van der Waals surface area contributed by atoms with Gasteiger partial charge in [-0.3, -0.25) is 19.1 Å². The molecule has 2 unspecified atom stereocenters. The summed E-state index contributed by atoms with van der Waals surface area (Å²) >= 11 is 8.26. The number of ketones is 1. The maximum Gasteiger partial charge on any atom is 0.259 e. The van der Waals surface area contributed by atoms with Crippen molar-refractivity contribution in [2.75, 3.05) is 7.11 Å². The zero-order valence-corrected chi connectivity index (χ0v) is 29.9. The van der Waals surface area contributed by atoms with E-state index in [-0.39, 0.29) is 30.5 Å². The molecule has 4 fully saturated rings. The lowest BCUT2D eigenvalue weighted by Crippen LogP contribution is -2.54. The first-order chi connectivity index (χ1) is 23.4. The number of carbonyl (C=O) groups is 3. The second kappa shape index (κ2) is 12.6. The number of ether oxygens (including phenoxy) is 2. The van der Waals surface area contributed by atoms with Crippen molar-refractivity contribution < 1.29 is 32.3 Å². The van der Waals surface area contributed by atoms with Gasteiger partial charge in [0.25, 0.3) is 5.91 Å². The van der Waals surface area contributed by atoms with Gasteiger partial charge in [0, 0.05) is 41.0 Å². The molecule has 0 aliphatic heterocycles. The van der Waals surface area contributed by atoms with E-state index < -0.39 is 56.5 Å². The highest BCUT2D eigenvalue weighted by molar-refractivity contribution is 7.91. The van der Waals surface area contributed by atoms with Gasteiger partial charge in [-0.2, -0.15) is 0 Å². The van der Waals surface area contributed by atoms with Gasteiger partial charge in [-0.1, -0.05) is 31.5 Å². The number of aromatic nitrogens is 2. The average Bonchev–Trinajstić information content (AvgIpc) is 3.96. The van der Waals surface area contributed by atoms with Crippen LogP contribution in [0.2, 0.25) is 5.02 Å². The Labute approximate surface area is 294 Å². The number of hydrogen-bond acceptors (Lipinski definition) is 10. The van der Waals surface area contributed by atoms with E-state index in [1.54, 1.807) is 12.1 Å². The molecule has 14 heteroatoms. The Morgan fingerprint density at radius 1 is 1.18 bits per heavy atom. The number of amides is 2. The molecular weight excluding hydrogens is 688 g/mol. The SMILES string of the molecule is C=C[C@@H]1C[C@]1(NC(=O)[C@@H]1CC(Oc2cc(-c3nc(C(C)C)cs3)nc3c(Cl)c(OC)ccc23)[C@H]2CCCC(=O)C21)C(=O)NS(=O)(=O)C1CC1. The Hall–Kier alpha value is -3.55. The van der Waals surface area contributed by atoms with Crippen LogP contribution in [0.5, 0.6) is 11.5 Å². The average molecular weight is 727 g/mol. The normalized spacial score (nSPS) is 27.9. The highest BCUT2D eigenvalue weighted by atomic mass is 35.5. The number of carbonyl (C=O) groups excluding carboxylic acids is 3. The molecule has 0 radical (unpaired) electrons. The Morgan fingerprint density at radius 3 is 2.61 bits per heavy atom. The number of hydrogen-bond donors (Lipinski definition) is 2. The molecule has 6 atom stereocenters. The maximum absolute atomic E-state index is 14.1. The van der Waals surface area contributed by atoms with Crippen LogP contribution in [-0.4, -0.2) is 60.0 Å². The number of halogens is 1. The lowest BCUT2D eigenvalue weighted by molar-refractivity contribution is -0.137. The number of rotatable bonds is 11. The number of nitrogens with one attached hydrogen (secondary N) is 2. The zero-order chi connectivity index (χ0) is 34.8. The molecule has 2 N–H and O–H groups in total. The van der Waals surface area contributed by atoms with Crippen LogP contribution in [0.15, 0.2) is 36.2 Å². The summed E-state index contributed by atoms with van der Waals surface area (Å²) in [6.07, 6.45) is 4.25. The Morgan fingerprint density at radius 2 is 1.96 bits per heavy atom. The largest absolute Gasteiger partial charge is 0.495 e. The smallest absolute Gasteiger partial charge is 0.259 e. The predicted molar refractivity (Wildman–Crippen MR) is 186 cm³/mol. The summed E-state index contributed by atoms with van der Waals surface area (Å²) in [6, 6.07) is 5.41. The fourth-order valence-corrected chi connectivity index (χ4v) is 10.0. The second-order valence-electron chi connectivity index (χ2n) is 13.9. The van der Waals surface area contributed by atoms with E-state index in [2.05, 4.69) is 30.5 Å². The third kappa shape index (κ3) is 6.11. The number of Topliss-reactive ketones (excluding diaryl/α,β-unsaturated/α-hetero) is 1. The van der Waals surface area contributed by atoms with E-state index in [1.165, 1.54) is 18.4 Å². The van der Waals surface area contributed by atoms with Crippen molar-refractivity contribution in [2.45, 2.75) is 81.6 Å². The van der Waals surface area contributed by atoms with Gasteiger partial charge < -0.3 is 14.8 Å². The van der Waals surface area contributed by atoms with Crippen LogP contribution in [-0.2, 0) is 24.4 Å². The van der Waals surface area contributed by atoms with Crippen LogP contribution in [0.4, 0.5) is 0 Å². The minimum atomic E-state index is -3.82. The summed E-state index contributed by atoms with van der Waals surface area (Å²) in [7, 11) is -2.29. The minimum absolute atomic E-state index is 0.00885. The quantitative estimate of drug-likeness (QED) is 0.242. The van der Waals surface area contributed by atoms with E-state index in [9.17, 15) is 22.8 Å². The fraction of sp³-hybridized carbons (Fsp3) is 0.514. The van der Waals surface area contributed by atoms with E-state index in [0.717, 1.165) is 5.69 Å². The Bertz CT molecular complexity index is 1980. The molecule has 1 aromatic carbocycles. The zero-order valence-electron chi connectivity index (χ0n) is 27.5. The van der Waals surface area contributed by atoms with Crippen molar-refractivity contribution in [3.8, 4) is 22.2 Å². The molecule has 0 saturated heterocycles. The lowest BCUT2D eigenvalue weighted by Gasteiger charge is -2.30. The van der Waals surface area contributed by atoms with Crippen molar-refractivity contribution in [1.82, 2.24) is 20.0 Å². The second-order valence-corrected chi connectivity index (χ2v) is 17.1. The Balaban J connectivity index is 1.20. The third-order valence-corrected chi connectivity index (χ3v) is 13.5. The van der Waals surface area contributed by atoms with Gasteiger partial charge in [-0.25, -0.2) is 18.4 Å². The van der Waals surface area contributed by atoms with E-state index >= 15 is 0 Å². The van der Waals surface area contributed by atoms with Gasteiger partial charge >= 0.3 is 0 Å². The minimum Gasteiger partial charge on any atom is -0.495 e. The Kier molecular flexibility index (Phi) is 8.76. The van der Waals surface area contributed by atoms with Crippen LogP contribution in [0.3, 0.4) is 0 Å². The summed E-state index contributed by atoms with van der Waals surface area (Å²) in [5.74, 6) is -2.06. The summed E-state index contributed by atoms with van der Waals surface area (Å²) in [4.78, 5) is 50.6. The highest BCUT2D eigenvalue weighted by Gasteiger charge is 2.62. The molecule has 0 bridgehead atoms. The molecule has 2 amide bonds. The van der Waals surface area contributed by atoms with Gasteiger partial charge in [-0.15, -0.1) is 17.9 Å². The van der Waals surface area contributed by atoms with Gasteiger partial charge in [0.15, 0.2) is 0 Å². The van der Waals surface area contributed by atoms with Crippen molar-refractivity contribution in [3.05, 3.63) is 47.0 Å². The molecule has 11 nitrogen and oxygen atoms in total. The van der Waals surface area contributed by atoms with Gasteiger partial charge in [0.1, 0.15) is 44.6 Å². The number of sulfonamides is 1.